The predicted molar refractivity (Wildman–Crippen MR) is 132 cm³/mol. The molecule has 1 aromatic rings. The molecule has 2 saturated heterocycles. The summed E-state index contributed by atoms with van der Waals surface area (Å²) >= 11 is 0. The molecule has 0 amide bonds. The van der Waals surface area contributed by atoms with Gasteiger partial charge in [0.25, 0.3) is 0 Å². The van der Waals surface area contributed by atoms with Crippen LogP contribution in [-0.2, 0) is 24.7 Å². The average molecular weight is 461 g/mol. The van der Waals surface area contributed by atoms with Gasteiger partial charge in [0.2, 0.25) is 5.60 Å². The molecule has 0 bridgehead atoms. The molecule has 180 valence electrons. The lowest BCUT2D eigenvalue weighted by Gasteiger charge is -2.60. The summed E-state index contributed by atoms with van der Waals surface area (Å²) in [6.45, 7) is 12.5. The van der Waals surface area contributed by atoms with E-state index in [1.807, 2.05) is 37.3 Å². The van der Waals surface area contributed by atoms with E-state index in [9.17, 15) is 9.59 Å². The smallest absolute Gasteiger partial charge is 0.347 e. The highest BCUT2D eigenvalue weighted by Crippen LogP contribution is 2.72. The van der Waals surface area contributed by atoms with Crippen molar-refractivity contribution in [2.75, 3.05) is 6.61 Å². The zero-order chi connectivity index (χ0) is 24.3. The number of fused-ring (bicyclic) bond motifs is 4. The topological polar surface area (TPSA) is 52.6 Å². The van der Waals surface area contributed by atoms with Crippen LogP contribution in [0.4, 0.5) is 0 Å². The minimum atomic E-state index is -1.63. The predicted octanol–water partition coefficient (Wildman–Crippen LogP) is 5.79. The molecule has 8 atom stereocenters. The van der Waals surface area contributed by atoms with E-state index in [4.69, 9.17) is 9.47 Å². The molecule has 2 aliphatic heterocycles. The Bertz CT molecular complexity index is 1070. The lowest BCUT2D eigenvalue weighted by molar-refractivity contribution is -0.231. The van der Waals surface area contributed by atoms with Crippen LogP contribution in [0.15, 0.2) is 66.8 Å². The molecule has 4 nitrogen and oxygen atoms in total. The third-order valence-corrected chi connectivity index (χ3v) is 9.13. The molecule has 4 aliphatic rings. The molecule has 1 aromatic carbocycles. The number of ketones is 1. The maximum absolute atomic E-state index is 14.4. The number of benzene rings is 1. The number of rotatable bonds is 6. The largest absolute Gasteiger partial charge is 0.462 e. The Balaban J connectivity index is 1.59. The van der Waals surface area contributed by atoms with Gasteiger partial charge in [-0.25, -0.2) is 4.79 Å². The zero-order valence-corrected chi connectivity index (χ0v) is 20.8. The van der Waals surface area contributed by atoms with Crippen LogP contribution < -0.4 is 0 Å². The van der Waals surface area contributed by atoms with Gasteiger partial charge in [-0.3, -0.25) is 4.79 Å². The Kier molecular flexibility index (Phi) is 5.51. The fraction of sp³-hybridized carbons (Fsp3) is 0.533. The highest BCUT2D eigenvalue weighted by atomic mass is 16.6. The molecule has 5 rings (SSSR count). The van der Waals surface area contributed by atoms with E-state index in [2.05, 4.69) is 45.6 Å². The van der Waals surface area contributed by atoms with Crippen molar-refractivity contribution in [2.45, 2.75) is 58.2 Å². The molecule has 3 fully saturated rings. The summed E-state index contributed by atoms with van der Waals surface area (Å²) in [7, 11) is 0. The van der Waals surface area contributed by atoms with Crippen molar-refractivity contribution in [2.24, 2.45) is 35.0 Å². The molecule has 34 heavy (non-hydrogen) atoms. The van der Waals surface area contributed by atoms with E-state index in [-0.39, 0.29) is 30.1 Å². The lowest BCUT2D eigenvalue weighted by Crippen LogP contribution is -2.62. The normalized spacial score (nSPS) is 40.8. The van der Waals surface area contributed by atoms with Crippen LogP contribution in [0.5, 0.6) is 0 Å². The summed E-state index contributed by atoms with van der Waals surface area (Å²) in [5.74, 6) is 0.00469. The highest BCUT2D eigenvalue weighted by Gasteiger charge is 2.83. The van der Waals surface area contributed by atoms with Crippen LogP contribution in [0.3, 0.4) is 0 Å². The van der Waals surface area contributed by atoms with Crippen LogP contribution in [0, 0.1) is 35.0 Å². The fourth-order valence-corrected chi connectivity index (χ4v) is 7.20. The van der Waals surface area contributed by atoms with Crippen LogP contribution in [-0.4, -0.2) is 24.0 Å². The lowest BCUT2D eigenvalue weighted by atomic mass is 9.44. The average Bonchev–Trinajstić information content (AvgIpc) is 3.22. The molecule has 0 N–H and O–H groups in total. The van der Waals surface area contributed by atoms with Gasteiger partial charge in [-0.05, 0) is 63.4 Å². The van der Waals surface area contributed by atoms with Gasteiger partial charge in [-0.15, -0.1) is 6.58 Å². The third-order valence-electron chi connectivity index (χ3n) is 9.13. The molecule has 1 spiro atoms. The first-order valence-corrected chi connectivity index (χ1v) is 12.6. The molecule has 4 heteroatoms. The maximum Gasteiger partial charge on any atom is 0.347 e. The van der Waals surface area contributed by atoms with Gasteiger partial charge in [0.05, 0.1) is 11.3 Å². The number of ether oxygens (including phenoxy) is 2. The van der Waals surface area contributed by atoms with Gasteiger partial charge < -0.3 is 9.47 Å². The molecule has 1 saturated carbocycles. The first-order chi connectivity index (χ1) is 16.2. The first-order valence-electron chi connectivity index (χ1n) is 12.6. The van der Waals surface area contributed by atoms with E-state index < -0.39 is 22.6 Å². The number of carbonyl (C=O) groups excluding carboxylic acids is 2. The number of esters is 1. The van der Waals surface area contributed by atoms with Crippen molar-refractivity contribution in [3.05, 3.63) is 72.4 Å². The molecule has 0 aromatic heterocycles. The summed E-state index contributed by atoms with van der Waals surface area (Å²) in [5, 5.41) is 0. The second-order valence-electron chi connectivity index (χ2n) is 11.2. The van der Waals surface area contributed by atoms with Crippen LogP contribution in [0.25, 0.3) is 0 Å². The van der Waals surface area contributed by atoms with Gasteiger partial charge in [0.15, 0.2) is 5.78 Å². The highest BCUT2D eigenvalue weighted by molar-refractivity contribution is 6.13. The zero-order valence-electron chi connectivity index (χ0n) is 20.8. The Morgan fingerprint density at radius 2 is 1.97 bits per heavy atom. The van der Waals surface area contributed by atoms with Crippen molar-refractivity contribution in [1.82, 2.24) is 0 Å². The summed E-state index contributed by atoms with van der Waals surface area (Å²) < 4.78 is 12.4. The molecular formula is C30H36O4. The van der Waals surface area contributed by atoms with E-state index in [1.54, 1.807) is 6.08 Å². The number of Topliss-reactive ketones (excluding diaryl/α,β-unsaturated/α-hetero) is 1. The van der Waals surface area contributed by atoms with Gasteiger partial charge in [0.1, 0.15) is 12.2 Å². The molecular weight excluding hydrogens is 424 g/mol. The second-order valence-corrected chi connectivity index (χ2v) is 11.2. The SMILES string of the molecule is C=C[C@@]1(C)COC(=O)[C@]12O[C@@]1(c3ccccc3)[C@@H]3C=CC[C@@H]([C@H](C)CCC=C(C)C)[C@@H]3[C@H]1C2=O. The summed E-state index contributed by atoms with van der Waals surface area (Å²) in [4.78, 5) is 27.6. The van der Waals surface area contributed by atoms with Gasteiger partial charge in [-0.1, -0.05) is 67.1 Å². The van der Waals surface area contributed by atoms with Gasteiger partial charge >= 0.3 is 5.97 Å². The molecule has 0 unspecified atom stereocenters. The molecule has 2 heterocycles. The Hall–Kier alpha value is -2.46. The molecule has 0 radical (unpaired) electrons. The van der Waals surface area contributed by atoms with Crippen LogP contribution >= 0.6 is 0 Å². The maximum atomic E-state index is 14.4. The minimum Gasteiger partial charge on any atom is -0.462 e. The summed E-state index contributed by atoms with van der Waals surface area (Å²) in [6, 6.07) is 10.0. The van der Waals surface area contributed by atoms with Crippen LogP contribution in [0.1, 0.15) is 52.5 Å². The monoisotopic (exact) mass is 460 g/mol. The first kappa shape index (κ1) is 23.3. The number of allylic oxidation sites excluding steroid dienone is 3. The minimum absolute atomic E-state index is 0.0512. The van der Waals surface area contributed by atoms with Gasteiger partial charge in [0, 0.05) is 5.92 Å². The van der Waals surface area contributed by atoms with Crippen molar-refractivity contribution in [3.63, 3.8) is 0 Å². The Morgan fingerprint density at radius 3 is 2.65 bits per heavy atom. The van der Waals surface area contributed by atoms with Crippen molar-refractivity contribution >= 4 is 11.8 Å². The summed E-state index contributed by atoms with van der Waals surface area (Å²) in [5.41, 5.74) is -1.05. The van der Waals surface area contributed by atoms with E-state index in [1.165, 1.54) is 5.57 Å². The Morgan fingerprint density at radius 1 is 1.24 bits per heavy atom. The standard InChI is InChI=1S/C30H36O4/c1-6-28(5)18-33-27(32)30(28)26(31)25-24-22(20(4)13-10-12-19(2)3)16-11-17-23(24)29(25,34-30)21-14-8-7-9-15-21/h6-9,11-12,14-15,17,20,22-25H,1,10,13,16,18H2,2-5H3/t20-,22+,23-,24+,25+,28+,29+,30+/m1/s1. The fourth-order valence-electron chi connectivity index (χ4n) is 7.20. The molecule has 2 aliphatic carbocycles. The summed E-state index contributed by atoms with van der Waals surface area (Å²) in [6.07, 6.45) is 11.6. The van der Waals surface area contributed by atoms with Crippen molar-refractivity contribution in [3.8, 4) is 0 Å². The second kappa shape index (κ2) is 8.05. The number of cyclic esters (lactones) is 1. The van der Waals surface area contributed by atoms with Crippen LogP contribution in [0.2, 0.25) is 0 Å². The number of hydrogen-bond donors (Lipinski definition) is 0. The Labute approximate surface area is 203 Å². The number of hydrogen-bond acceptors (Lipinski definition) is 4. The third kappa shape index (κ3) is 2.87. The number of carbonyl (C=O) groups is 2. The van der Waals surface area contributed by atoms with Crippen molar-refractivity contribution in [1.29, 1.82) is 0 Å². The van der Waals surface area contributed by atoms with Gasteiger partial charge in [-0.2, -0.15) is 0 Å². The van der Waals surface area contributed by atoms with Crippen molar-refractivity contribution < 1.29 is 19.1 Å². The quantitative estimate of drug-likeness (QED) is 0.306. The van der Waals surface area contributed by atoms with E-state index >= 15 is 0 Å². The van der Waals surface area contributed by atoms with E-state index in [0.29, 0.717) is 11.8 Å². The van der Waals surface area contributed by atoms with E-state index in [0.717, 1.165) is 24.8 Å².